The van der Waals surface area contributed by atoms with Crippen molar-refractivity contribution in [3.8, 4) is 0 Å². The van der Waals surface area contributed by atoms with Gasteiger partial charge in [-0.2, -0.15) is 0 Å². The molecule has 0 radical (unpaired) electrons. The second-order valence-corrected chi connectivity index (χ2v) is 4.76. The van der Waals surface area contributed by atoms with E-state index in [1.807, 2.05) is 6.92 Å². The SMILES string of the molecule is Cc1ccc(F)c([C@H](N)CC2CC2)c1Cl.Cl. The van der Waals surface area contributed by atoms with Gasteiger partial charge >= 0.3 is 0 Å². The first kappa shape index (κ1) is 13.8. The highest BCUT2D eigenvalue weighted by Crippen LogP contribution is 2.39. The molecule has 16 heavy (non-hydrogen) atoms. The minimum Gasteiger partial charge on any atom is -0.324 e. The van der Waals surface area contributed by atoms with Gasteiger partial charge in [0.1, 0.15) is 5.82 Å². The molecule has 1 saturated carbocycles. The Bertz CT molecular complexity index is 378. The summed E-state index contributed by atoms with van der Waals surface area (Å²) in [4.78, 5) is 0. The van der Waals surface area contributed by atoms with E-state index in [9.17, 15) is 4.39 Å². The van der Waals surface area contributed by atoms with E-state index >= 15 is 0 Å². The van der Waals surface area contributed by atoms with Gasteiger partial charge in [-0.15, -0.1) is 12.4 Å². The molecule has 2 rings (SSSR count). The van der Waals surface area contributed by atoms with E-state index in [1.54, 1.807) is 6.07 Å². The first-order valence-corrected chi connectivity index (χ1v) is 5.67. The second-order valence-electron chi connectivity index (χ2n) is 4.38. The number of halogens is 3. The van der Waals surface area contributed by atoms with E-state index in [1.165, 1.54) is 18.9 Å². The Morgan fingerprint density at radius 2 is 2.12 bits per heavy atom. The standard InChI is InChI=1S/C12H15ClFN.ClH/c1-7-2-5-9(14)11(12(7)13)10(15)6-8-3-4-8;/h2,5,8,10H,3-4,6,15H2,1H3;1H/t10-;/m1./s1. The molecular weight excluding hydrogens is 248 g/mol. The van der Waals surface area contributed by atoms with Crippen LogP contribution < -0.4 is 5.73 Å². The Balaban J connectivity index is 0.00000128. The van der Waals surface area contributed by atoms with Crippen molar-refractivity contribution in [2.24, 2.45) is 11.7 Å². The Labute approximate surface area is 107 Å². The first-order chi connectivity index (χ1) is 7.09. The molecule has 1 nitrogen and oxygen atoms in total. The van der Waals surface area contributed by atoms with Crippen molar-refractivity contribution in [3.63, 3.8) is 0 Å². The zero-order valence-corrected chi connectivity index (χ0v) is 10.7. The average molecular weight is 264 g/mol. The van der Waals surface area contributed by atoms with Crippen molar-refractivity contribution in [1.82, 2.24) is 0 Å². The maximum absolute atomic E-state index is 13.6. The van der Waals surface area contributed by atoms with E-state index in [4.69, 9.17) is 17.3 Å². The lowest BCUT2D eigenvalue weighted by molar-refractivity contribution is 0.542. The van der Waals surface area contributed by atoms with Crippen LogP contribution in [0.2, 0.25) is 5.02 Å². The topological polar surface area (TPSA) is 26.0 Å². The van der Waals surface area contributed by atoms with Crippen LogP contribution in [0.5, 0.6) is 0 Å². The van der Waals surface area contributed by atoms with E-state index in [2.05, 4.69) is 0 Å². The number of nitrogens with two attached hydrogens (primary N) is 1. The fourth-order valence-corrected chi connectivity index (χ4v) is 2.14. The van der Waals surface area contributed by atoms with Gasteiger partial charge in [-0.1, -0.05) is 30.5 Å². The third kappa shape index (κ3) is 2.88. The number of rotatable bonds is 3. The summed E-state index contributed by atoms with van der Waals surface area (Å²) in [6.07, 6.45) is 3.29. The van der Waals surface area contributed by atoms with Crippen molar-refractivity contribution in [1.29, 1.82) is 0 Å². The van der Waals surface area contributed by atoms with Crippen molar-refractivity contribution >= 4 is 24.0 Å². The number of hydrogen-bond donors (Lipinski definition) is 1. The minimum atomic E-state index is -0.279. The average Bonchev–Trinajstić information content (AvgIpc) is 2.96. The van der Waals surface area contributed by atoms with Gasteiger partial charge in [-0.05, 0) is 30.9 Å². The lowest BCUT2D eigenvalue weighted by Crippen LogP contribution is -2.14. The van der Waals surface area contributed by atoms with E-state index in [-0.39, 0.29) is 24.3 Å². The van der Waals surface area contributed by atoms with Gasteiger partial charge < -0.3 is 5.73 Å². The van der Waals surface area contributed by atoms with Crippen LogP contribution in [0.25, 0.3) is 0 Å². The first-order valence-electron chi connectivity index (χ1n) is 5.29. The molecule has 0 heterocycles. The molecule has 0 saturated heterocycles. The van der Waals surface area contributed by atoms with Crippen molar-refractivity contribution in [2.75, 3.05) is 0 Å². The highest BCUT2D eigenvalue weighted by Gasteiger charge is 2.27. The monoisotopic (exact) mass is 263 g/mol. The number of hydrogen-bond acceptors (Lipinski definition) is 1. The van der Waals surface area contributed by atoms with Gasteiger partial charge in [0.25, 0.3) is 0 Å². The molecular formula is C12H16Cl2FN. The quantitative estimate of drug-likeness (QED) is 0.877. The van der Waals surface area contributed by atoms with Gasteiger partial charge in [0.2, 0.25) is 0 Å². The second kappa shape index (κ2) is 5.35. The molecule has 0 bridgehead atoms. The van der Waals surface area contributed by atoms with Crippen molar-refractivity contribution in [2.45, 2.75) is 32.2 Å². The van der Waals surface area contributed by atoms with Gasteiger partial charge in [-0.25, -0.2) is 4.39 Å². The van der Waals surface area contributed by atoms with Crippen LogP contribution in [0, 0.1) is 18.7 Å². The molecule has 0 aromatic heterocycles. The Morgan fingerprint density at radius 1 is 1.50 bits per heavy atom. The molecule has 0 spiro atoms. The Morgan fingerprint density at radius 3 is 2.69 bits per heavy atom. The maximum Gasteiger partial charge on any atom is 0.129 e. The van der Waals surface area contributed by atoms with Crippen LogP contribution in [0.1, 0.15) is 36.4 Å². The molecule has 1 atom stereocenters. The van der Waals surface area contributed by atoms with Crippen LogP contribution >= 0.6 is 24.0 Å². The fourth-order valence-electron chi connectivity index (χ4n) is 1.85. The van der Waals surface area contributed by atoms with Gasteiger partial charge in [-0.3, -0.25) is 0 Å². The third-order valence-electron chi connectivity index (χ3n) is 2.97. The molecule has 1 aliphatic carbocycles. The van der Waals surface area contributed by atoms with Crippen LogP contribution in [0.4, 0.5) is 4.39 Å². The molecule has 0 amide bonds. The van der Waals surface area contributed by atoms with E-state index in [0.29, 0.717) is 16.5 Å². The number of benzene rings is 1. The molecule has 1 fully saturated rings. The summed E-state index contributed by atoms with van der Waals surface area (Å²) in [6, 6.07) is 2.87. The molecule has 4 heteroatoms. The normalized spacial score (nSPS) is 16.8. The van der Waals surface area contributed by atoms with Crippen molar-refractivity contribution in [3.05, 3.63) is 34.1 Å². The summed E-state index contributed by atoms with van der Waals surface area (Å²) >= 11 is 6.08. The smallest absolute Gasteiger partial charge is 0.129 e. The summed E-state index contributed by atoms with van der Waals surface area (Å²) in [5.41, 5.74) is 7.36. The predicted molar refractivity (Wildman–Crippen MR) is 67.7 cm³/mol. The van der Waals surface area contributed by atoms with Crippen LogP contribution in [-0.4, -0.2) is 0 Å². The van der Waals surface area contributed by atoms with Crippen LogP contribution in [0.15, 0.2) is 12.1 Å². The summed E-state index contributed by atoms with van der Waals surface area (Å²) in [6.45, 7) is 1.87. The molecule has 2 N–H and O–H groups in total. The molecule has 90 valence electrons. The van der Waals surface area contributed by atoms with Gasteiger partial charge in [0.05, 0.1) is 5.02 Å². The maximum atomic E-state index is 13.6. The molecule has 1 aliphatic rings. The van der Waals surface area contributed by atoms with Crippen LogP contribution in [0.3, 0.4) is 0 Å². The zero-order chi connectivity index (χ0) is 11.0. The van der Waals surface area contributed by atoms with Crippen molar-refractivity contribution < 1.29 is 4.39 Å². The predicted octanol–water partition coefficient (Wildman–Crippen LogP) is 4.01. The largest absolute Gasteiger partial charge is 0.324 e. The van der Waals surface area contributed by atoms with Gasteiger partial charge in [0.15, 0.2) is 0 Å². The highest BCUT2D eigenvalue weighted by atomic mass is 35.5. The Kier molecular flexibility index (Phi) is 4.60. The summed E-state index contributed by atoms with van der Waals surface area (Å²) in [5.74, 6) is 0.398. The lowest BCUT2D eigenvalue weighted by Gasteiger charge is -2.15. The minimum absolute atomic E-state index is 0. The van der Waals surface area contributed by atoms with E-state index in [0.717, 1.165) is 12.0 Å². The number of aryl methyl sites for hydroxylation is 1. The summed E-state index contributed by atoms with van der Waals surface area (Å²) in [7, 11) is 0. The molecule has 0 unspecified atom stereocenters. The summed E-state index contributed by atoms with van der Waals surface area (Å²) < 4.78 is 13.6. The highest BCUT2D eigenvalue weighted by molar-refractivity contribution is 6.32. The van der Waals surface area contributed by atoms with Crippen LogP contribution in [-0.2, 0) is 0 Å². The van der Waals surface area contributed by atoms with Gasteiger partial charge in [0, 0.05) is 11.6 Å². The molecule has 1 aromatic rings. The third-order valence-corrected chi connectivity index (χ3v) is 3.48. The lowest BCUT2D eigenvalue weighted by atomic mass is 9.99. The fraction of sp³-hybridized carbons (Fsp3) is 0.500. The Hall–Kier alpha value is -0.310. The zero-order valence-electron chi connectivity index (χ0n) is 9.17. The molecule has 0 aliphatic heterocycles. The van der Waals surface area contributed by atoms with E-state index < -0.39 is 0 Å². The summed E-state index contributed by atoms with van der Waals surface area (Å²) in [5, 5.41) is 0.489. The molecule has 1 aromatic carbocycles.